The molecule has 2 amide bonds. The number of aryl methyl sites for hydroxylation is 1. The lowest BCUT2D eigenvalue weighted by molar-refractivity contribution is 0.145. The van der Waals surface area contributed by atoms with Crippen LogP contribution in [0.4, 0.5) is 4.79 Å². The highest BCUT2D eigenvalue weighted by molar-refractivity contribution is 5.76. The third kappa shape index (κ3) is 2.81. The number of imidazole rings is 1. The molecule has 0 unspecified atom stereocenters. The summed E-state index contributed by atoms with van der Waals surface area (Å²) >= 11 is 0. The van der Waals surface area contributed by atoms with Gasteiger partial charge in [-0.1, -0.05) is 6.07 Å². The zero-order valence-corrected chi connectivity index (χ0v) is 13.2. The summed E-state index contributed by atoms with van der Waals surface area (Å²) in [4.78, 5) is 23.2. The van der Waals surface area contributed by atoms with Crippen LogP contribution in [-0.4, -0.2) is 38.6 Å². The summed E-state index contributed by atoms with van der Waals surface area (Å²) < 4.78 is 2.00. The molecule has 2 fully saturated rings. The molecule has 0 radical (unpaired) electrons. The zero-order chi connectivity index (χ0) is 15.8. The van der Waals surface area contributed by atoms with Gasteiger partial charge in [0.1, 0.15) is 5.82 Å². The number of rotatable bonds is 4. The number of aromatic nitrogens is 3. The number of urea groups is 1. The minimum atomic E-state index is 0.0112. The van der Waals surface area contributed by atoms with Gasteiger partial charge in [-0.05, 0) is 30.9 Å². The molecule has 3 heterocycles. The molecule has 2 aliphatic rings. The number of amides is 2. The molecule has 1 saturated heterocycles. The van der Waals surface area contributed by atoms with Crippen LogP contribution in [0.15, 0.2) is 36.8 Å². The van der Waals surface area contributed by atoms with Crippen molar-refractivity contribution in [2.75, 3.05) is 13.1 Å². The quantitative estimate of drug-likeness (QED) is 0.940. The molecule has 2 aromatic heterocycles. The van der Waals surface area contributed by atoms with Crippen molar-refractivity contribution in [3.63, 3.8) is 0 Å². The summed E-state index contributed by atoms with van der Waals surface area (Å²) in [7, 11) is 1.98. The second-order valence-electron chi connectivity index (χ2n) is 6.52. The minimum absolute atomic E-state index is 0.0112. The van der Waals surface area contributed by atoms with Crippen molar-refractivity contribution in [2.24, 2.45) is 13.0 Å². The number of carbonyl (C=O) groups is 1. The first-order valence-electron chi connectivity index (χ1n) is 8.16. The molecule has 1 saturated carbocycles. The summed E-state index contributed by atoms with van der Waals surface area (Å²) in [6.45, 7) is 1.47. The van der Waals surface area contributed by atoms with Gasteiger partial charge in [0.2, 0.25) is 0 Å². The highest BCUT2D eigenvalue weighted by Crippen LogP contribution is 2.40. The molecular formula is C17H21N5O. The molecule has 1 aliphatic heterocycles. The van der Waals surface area contributed by atoms with Crippen molar-refractivity contribution < 1.29 is 4.79 Å². The first kappa shape index (κ1) is 14.2. The second kappa shape index (κ2) is 5.68. The van der Waals surface area contributed by atoms with Gasteiger partial charge < -0.3 is 14.8 Å². The van der Waals surface area contributed by atoms with Crippen molar-refractivity contribution in [2.45, 2.75) is 24.8 Å². The Morgan fingerprint density at radius 1 is 1.26 bits per heavy atom. The summed E-state index contributed by atoms with van der Waals surface area (Å²) in [6.07, 6.45) is 7.85. The zero-order valence-electron chi connectivity index (χ0n) is 13.2. The van der Waals surface area contributed by atoms with E-state index in [2.05, 4.69) is 15.3 Å². The van der Waals surface area contributed by atoms with E-state index in [1.54, 1.807) is 6.20 Å². The first-order valence-corrected chi connectivity index (χ1v) is 8.16. The van der Waals surface area contributed by atoms with Crippen LogP contribution >= 0.6 is 0 Å². The lowest BCUT2D eigenvalue weighted by atomic mass is 9.96. The number of carbonyl (C=O) groups excluding carboxylic acids is 1. The fourth-order valence-corrected chi connectivity index (χ4v) is 3.17. The Hall–Kier alpha value is -2.37. The van der Waals surface area contributed by atoms with Crippen LogP contribution in [0, 0.1) is 5.92 Å². The molecule has 6 nitrogen and oxygen atoms in total. The van der Waals surface area contributed by atoms with Crippen LogP contribution in [0.2, 0.25) is 0 Å². The van der Waals surface area contributed by atoms with Crippen LogP contribution in [0.25, 0.3) is 0 Å². The smallest absolute Gasteiger partial charge is 0.318 e. The SMILES string of the molecule is Cn1ccnc1[C@H](NC(=O)N1CC(c2ccccn2)C1)C1CC1. The monoisotopic (exact) mass is 311 g/mol. The average molecular weight is 311 g/mol. The number of hydrogen-bond donors (Lipinski definition) is 1. The molecule has 4 rings (SSSR count). The van der Waals surface area contributed by atoms with Gasteiger partial charge in [-0.15, -0.1) is 0 Å². The maximum absolute atomic E-state index is 12.5. The molecule has 2 aromatic rings. The largest absolute Gasteiger partial charge is 0.336 e. The predicted octanol–water partition coefficient (Wildman–Crippen LogP) is 2.08. The minimum Gasteiger partial charge on any atom is -0.336 e. The molecule has 0 aromatic carbocycles. The van der Waals surface area contributed by atoms with Crippen molar-refractivity contribution >= 4 is 6.03 Å². The number of likely N-dealkylation sites (tertiary alicyclic amines) is 1. The Kier molecular flexibility index (Phi) is 3.52. The topological polar surface area (TPSA) is 63.1 Å². The summed E-state index contributed by atoms with van der Waals surface area (Å²) in [5.41, 5.74) is 1.07. The van der Waals surface area contributed by atoms with Crippen LogP contribution in [-0.2, 0) is 7.05 Å². The van der Waals surface area contributed by atoms with Gasteiger partial charge in [-0.2, -0.15) is 0 Å². The van der Waals surface area contributed by atoms with Crippen molar-refractivity contribution in [3.05, 3.63) is 48.3 Å². The second-order valence-corrected chi connectivity index (χ2v) is 6.52. The number of nitrogens with zero attached hydrogens (tertiary/aromatic N) is 4. The standard InChI is InChI=1S/C17H21N5O/c1-21-9-8-19-16(21)15(12-5-6-12)20-17(23)22-10-13(11-22)14-4-2-3-7-18-14/h2-4,7-9,12-13,15H,5-6,10-11H2,1H3,(H,20,23)/t15-/m1/s1. The molecule has 0 bridgehead atoms. The van der Waals surface area contributed by atoms with Gasteiger partial charge in [-0.25, -0.2) is 9.78 Å². The van der Waals surface area contributed by atoms with E-state index in [0.717, 1.165) is 37.4 Å². The third-order valence-electron chi connectivity index (χ3n) is 4.78. The Morgan fingerprint density at radius 3 is 2.70 bits per heavy atom. The number of nitrogens with one attached hydrogen (secondary N) is 1. The maximum atomic E-state index is 12.5. The molecule has 23 heavy (non-hydrogen) atoms. The Bertz CT molecular complexity index is 688. The van der Waals surface area contributed by atoms with E-state index < -0.39 is 0 Å². The first-order chi connectivity index (χ1) is 11.2. The molecule has 6 heteroatoms. The van der Waals surface area contributed by atoms with Gasteiger partial charge >= 0.3 is 6.03 Å². The number of pyridine rings is 1. The molecule has 120 valence electrons. The summed E-state index contributed by atoms with van der Waals surface area (Å²) in [5.74, 6) is 1.82. The lowest BCUT2D eigenvalue weighted by Gasteiger charge is -2.39. The van der Waals surface area contributed by atoms with Crippen LogP contribution in [0.5, 0.6) is 0 Å². The van der Waals surface area contributed by atoms with Crippen LogP contribution < -0.4 is 5.32 Å². The summed E-state index contributed by atoms with van der Waals surface area (Å²) in [5, 5.41) is 3.18. The van der Waals surface area contributed by atoms with Gasteiger partial charge in [0.25, 0.3) is 0 Å². The Morgan fingerprint density at radius 2 is 2.09 bits per heavy atom. The van der Waals surface area contributed by atoms with E-state index in [4.69, 9.17) is 0 Å². The van der Waals surface area contributed by atoms with Crippen molar-refractivity contribution in [3.8, 4) is 0 Å². The maximum Gasteiger partial charge on any atom is 0.318 e. The van der Waals surface area contributed by atoms with E-state index in [9.17, 15) is 4.79 Å². The van der Waals surface area contributed by atoms with Crippen molar-refractivity contribution in [1.29, 1.82) is 0 Å². The van der Waals surface area contributed by atoms with Crippen LogP contribution in [0.1, 0.15) is 36.3 Å². The Balaban J connectivity index is 1.38. The lowest BCUT2D eigenvalue weighted by Crippen LogP contribution is -2.53. The highest BCUT2D eigenvalue weighted by atomic mass is 16.2. The average Bonchev–Trinajstić information content (AvgIpc) is 3.26. The van der Waals surface area contributed by atoms with E-state index >= 15 is 0 Å². The van der Waals surface area contributed by atoms with E-state index in [1.165, 1.54) is 0 Å². The Labute approximate surface area is 135 Å². The van der Waals surface area contributed by atoms with Gasteiger partial charge in [0.15, 0.2) is 0 Å². The normalized spacial score (nSPS) is 19.3. The van der Waals surface area contributed by atoms with Crippen molar-refractivity contribution in [1.82, 2.24) is 24.8 Å². The fraction of sp³-hybridized carbons (Fsp3) is 0.471. The van der Waals surface area contributed by atoms with E-state index in [1.807, 2.05) is 47.1 Å². The highest BCUT2D eigenvalue weighted by Gasteiger charge is 2.39. The van der Waals surface area contributed by atoms with Crippen LogP contribution in [0.3, 0.4) is 0 Å². The predicted molar refractivity (Wildman–Crippen MR) is 85.8 cm³/mol. The molecule has 1 N–H and O–H groups in total. The number of hydrogen-bond acceptors (Lipinski definition) is 3. The molecule has 1 aliphatic carbocycles. The van der Waals surface area contributed by atoms with Gasteiger partial charge in [-0.3, -0.25) is 4.98 Å². The van der Waals surface area contributed by atoms with E-state index in [-0.39, 0.29) is 12.1 Å². The molecule has 0 spiro atoms. The van der Waals surface area contributed by atoms with E-state index in [0.29, 0.717) is 11.8 Å². The molecule has 1 atom stereocenters. The van der Waals surface area contributed by atoms with Gasteiger partial charge in [0.05, 0.1) is 6.04 Å². The van der Waals surface area contributed by atoms with Gasteiger partial charge in [0, 0.05) is 50.3 Å². The third-order valence-corrected chi connectivity index (χ3v) is 4.78. The fourth-order valence-electron chi connectivity index (χ4n) is 3.17. The summed E-state index contributed by atoms with van der Waals surface area (Å²) in [6, 6.07) is 5.98. The molecular weight excluding hydrogens is 290 g/mol.